The van der Waals surface area contributed by atoms with Gasteiger partial charge in [-0.3, -0.25) is 0 Å². The van der Waals surface area contributed by atoms with E-state index in [2.05, 4.69) is 36.2 Å². The maximum Gasteiger partial charge on any atom is 0.209 e. The molecule has 1 aliphatic carbocycles. The predicted molar refractivity (Wildman–Crippen MR) is 105 cm³/mol. The standard InChI is InChI=1S/C21H28N2S/c1-17-12-14-18(15-13-17)16-22-21-23-19-10-8-6-4-2-3-5-7-9-11-20(19)24-21/h12-16H,2-11H2,1H3/b22-16+. The van der Waals surface area contributed by atoms with Crippen LogP contribution in [0.1, 0.15) is 73.1 Å². The zero-order valence-electron chi connectivity index (χ0n) is 14.8. The Hall–Kier alpha value is -1.48. The van der Waals surface area contributed by atoms with Crippen LogP contribution in [0.25, 0.3) is 0 Å². The second kappa shape index (κ2) is 9.12. The van der Waals surface area contributed by atoms with Crippen LogP contribution in [-0.4, -0.2) is 11.2 Å². The lowest BCUT2D eigenvalue weighted by Gasteiger charge is -2.06. The SMILES string of the molecule is Cc1ccc(/C=N/c2nc3c(s2)CCCCCCCCCC3)cc1. The first-order valence-corrected chi connectivity index (χ1v) is 10.2. The fourth-order valence-electron chi connectivity index (χ4n) is 3.24. The molecule has 0 saturated carbocycles. The Bertz CT molecular complexity index is 625. The summed E-state index contributed by atoms with van der Waals surface area (Å²) in [5.41, 5.74) is 3.74. The Morgan fingerprint density at radius 2 is 1.50 bits per heavy atom. The predicted octanol–water partition coefficient (Wildman–Crippen LogP) is 6.42. The molecule has 0 atom stereocenters. The normalized spacial score (nSPS) is 17.2. The molecule has 0 spiro atoms. The van der Waals surface area contributed by atoms with Gasteiger partial charge in [0, 0.05) is 11.1 Å². The summed E-state index contributed by atoms with van der Waals surface area (Å²) in [6.45, 7) is 2.11. The molecular weight excluding hydrogens is 312 g/mol. The summed E-state index contributed by atoms with van der Waals surface area (Å²) < 4.78 is 0. The maximum atomic E-state index is 4.83. The van der Waals surface area contributed by atoms with Crippen molar-refractivity contribution in [1.29, 1.82) is 0 Å². The monoisotopic (exact) mass is 340 g/mol. The van der Waals surface area contributed by atoms with Gasteiger partial charge in [-0.15, -0.1) is 0 Å². The largest absolute Gasteiger partial charge is 0.227 e. The number of fused-ring (bicyclic) bond motifs is 1. The van der Waals surface area contributed by atoms with Gasteiger partial charge in [0.15, 0.2) is 0 Å². The van der Waals surface area contributed by atoms with Gasteiger partial charge in [0.2, 0.25) is 5.13 Å². The Labute approximate surface area is 150 Å². The van der Waals surface area contributed by atoms with E-state index in [0.29, 0.717) is 0 Å². The quantitative estimate of drug-likeness (QED) is 0.579. The van der Waals surface area contributed by atoms with Crippen LogP contribution in [0.4, 0.5) is 5.13 Å². The van der Waals surface area contributed by atoms with Crippen LogP contribution in [0.2, 0.25) is 0 Å². The molecule has 0 bridgehead atoms. The van der Waals surface area contributed by atoms with Gasteiger partial charge >= 0.3 is 0 Å². The van der Waals surface area contributed by atoms with Crippen LogP contribution in [0, 0.1) is 6.92 Å². The molecule has 0 N–H and O–H groups in total. The summed E-state index contributed by atoms with van der Waals surface area (Å²) in [4.78, 5) is 10.9. The number of hydrogen-bond acceptors (Lipinski definition) is 3. The molecule has 0 saturated heterocycles. The molecule has 2 nitrogen and oxygen atoms in total. The molecule has 24 heavy (non-hydrogen) atoms. The summed E-state index contributed by atoms with van der Waals surface area (Å²) in [5.74, 6) is 0. The molecule has 2 aromatic rings. The van der Waals surface area contributed by atoms with E-state index in [1.165, 1.54) is 73.9 Å². The van der Waals surface area contributed by atoms with Crippen molar-refractivity contribution in [2.24, 2.45) is 4.99 Å². The first-order valence-electron chi connectivity index (χ1n) is 9.40. The highest BCUT2D eigenvalue weighted by Gasteiger charge is 2.11. The Balaban J connectivity index is 1.70. The topological polar surface area (TPSA) is 25.2 Å². The smallest absolute Gasteiger partial charge is 0.209 e. The number of benzene rings is 1. The van der Waals surface area contributed by atoms with Crippen molar-refractivity contribution in [1.82, 2.24) is 4.98 Å². The highest BCUT2D eigenvalue weighted by molar-refractivity contribution is 7.15. The molecule has 1 heterocycles. The summed E-state index contributed by atoms with van der Waals surface area (Å²) in [7, 11) is 0. The van der Waals surface area contributed by atoms with Gasteiger partial charge in [-0.05, 0) is 38.2 Å². The number of thiazole rings is 1. The fourth-order valence-corrected chi connectivity index (χ4v) is 4.23. The minimum atomic E-state index is 0.926. The third kappa shape index (κ3) is 5.27. The minimum absolute atomic E-state index is 0.926. The summed E-state index contributed by atoms with van der Waals surface area (Å²) in [5, 5.41) is 0.926. The van der Waals surface area contributed by atoms with Crippen molar-refractivity contribution in [2.45, 2.75) is 71.1 Å². The Morgan fingerprint density at radius 3 is 2.21 bits per heavy atom. The zero-order chi connectivity index (χ0) is 16.6. The molecule has 1 aliphatic rings. The molecule has 128 valence electrons. The van der Waals surface area contributed by atoms with Crippen molar-refractivity contribution >= 4 is 22.7 Å². The van der Waals surface area contributed by atoms with Gasteiger partial charge in [-0.25, -0.2) is 9.98 Å². The molecule has 0 aliphatic heterocycles. The van der Waals surface area contributed by atoms with E-state index < -0.39 is 0 Å². The Kier molecular flexibility index (Phi) is 6.59. The van der Waals surface area contributed by atoms with Gasteiger partial charge in [-0.1, -0.05) is 79.7 Å². The van der Waals surface area contributed by atoms with Crippen LogP contribution < -0.4 is 0 Å². The third-order valence-corrected chi connectivity index (χ3v) is 5.80. The minimum Gasteiger partial charge on any atom is -0.227 e. The molecule has 0 unspecified atom stereocenters. The number of hydrogen-bond donors (Lipinski definition) is 0. The van der Waals surface area contributed by atoms with E-state index in [-0.39, 0.29) is 0 Å². The molecule has 0 fully saturated rings. The van der Waals surface area contributed by atoms with Crippen LogP contribution in [0.5, 0.6) is 0 Å². The lowest BCUT2D eigenvalue weighted by Crippen LogP contribution is -1.94. The molecule has 1 aromatic carbocycles. The van der Waals surface area contributed by atoms with Crippen LogP contribution in [0.3, 0.4) is 0 Å². The van der Waals surface area contributed by atoms with Gasteiger partial charge in [-0.2, -0.15) is 0 Å². The Morgan fingerprint density at radius 1 is 0.875 bits per heavy atom. The van der Waals surface area contributed by atoms with E-state index >= 15 is 0 Å². The maximum absolute atomic E-state index is 4.83. The summed E-state index contributed by atoms with van der Waals surface area (Å²) in [6.07, 6.45) is 15.2. The van der Waals surface area contributed by atoms with Gasteiger partial charge in [0.25, 0.3) is 0 Å². The van der Waals surface area contributed by atoms with Crippen molar-refractivity contribution in [3.8, 4) is 0 Å². The van der Waals surface area contributed by atoms with E-state index in [1.807, 2.05) is 6.21 Å². The first-order chi connectivity index (χ1) is 11.8. The number of nitrogens with zero attached hydrogens (tertiary/aromatic N) is 2. The fraction of sp³-hybridized carbons (Fsp3) is 0.524. The zero-order valence-corrected chi connectivity index (χ0v) is 15.6. The van der Waals surface area contributed by atoms with E-state index in [1.54, 1.807) is 11.3 Å². The highest BCUT2D eigenvalue weighted by atomic mass is 32.1. The lowest BCUT2D eigenvalue weighted by molar-refractivity contribution is 0.559. The average molecular weight is 341 g/mol. The van der Waals surface area contributed by atoms with Crippen molar-refractivity contribution in [3.05, 3.63) is 46.0 Å². The van der Waals surface area contributed by atoms with Crippen molar-refractivity contribution in [2.75, 3.05) is 0 Å². The molecule has 3 heteroatoms. The van der Waals surface area contributed by atoms with E-state index in [4.69, 9.17) is 4.98 Å². The van der Waals surface area contributed by atoms with Gasteiger partial charge in [0.1, 0.15) is 0 Å². The number of rotatable bonds is 2. The van der Waals surface area contributed by atoms with Crippen molar-refractivity contribution < 1.29 is 0 Å². The third-order valence-electron chi connectivity index (χ3n) is 4.74. The van der Waals surface area contributed by atoms with Crippen LogP contribution in [-0.2, 0) is 12.8 Å². The second-order valence-electron chi connectivity index (χ2n) is 6.86. The summed E-state index contributed by atoms with van der Waals surface area (Å²) >= 11 is 1.80. The number of aliphatic imine (C=N–C) groups is 1. The van der Waals surface area contributed by atoms with Crippen LogP contribution in [0.15, 0.2) is 29.3 Å². The first kappa shape index (κ1) is 17.3. The van der Waals surface area contributed by atoms with Gasteiger partial charge in [0.05, 0.1) is 5.69 Å². The number of aromatic nitrogens is 1. The van der Waals surface area contributed by atoms with E-state index in [9.17, 15) is 0 Å². The number of aryl methyl sites for hydroxylation is 3. The highest BCUT2D eigenvalue weighted by Crippen LogP contribution is 2.29. The molecule has 0 amide bonds. The average Bonchev–Trinajstić information content (AvgIpc) is 2.96. The second-order valence-corrected chi connectivity index (χ2v) is 7.93. The molecular formula is C21H28N2S. The van der Waals surface area contributed by atoms with E-state index in [0.717, 1.165) is 17.1 Å². The van der Waals surface area contributed by atoms with Gasteiger partial charge < -0.3 is 0 Å². The lowest BCUT2D eigenvalue weighted by atomic mass is 10.0. The van der Waals surface area contributed by atoms with Crippen LogP contribution >= 0.6 is 11.3 Å². The van der Waals surface area contributed by atoms with Crippen molar-refractivity contribution in [3.63, 3.8) is 0 Å². The molecule has 3 rings (SSSR count). The molecule has 1 aromatic heterocycles. The molecule has 0 radical (unpaired) electrons. The summed E-state index contributed by atoms with van der Waals surface area (Å²) in [6, 6.07) is 8.48.